The molecule has 0 bridgehead atoms. The van der Waals surface area contributed by atoms with Crippen LogP contribution in [0.25, 0.3) is 0 Å². The molecule has 0 spiro atoms. The van der Waals surface area contributed by atoms with E-state index in [0.29, 0.717) is 0 Å². The maximum Gasteiger partial charge on any atom is 0.123 e. The molecule has 0 saturated carbocycles. The summed E-state index contributed by atoms with van der Waals surface area (Å²) >= 11 is 0. The number of nitrogens with zero attached hydrogens (tertiary/aromatic N) is 1. The number of benzene rings is 2. The molecule has 2 aromatic carbocycles. The van der Waals surface area contributed by atoms with Crippen LogP contribution < -0.4 is 0 Å². The lowest BCUT2D eigenvalue weighted by Gasteiger charge is -2.32. The molecule has 0 aliphatic carbocycles. The summed E-state index contributed by atoms with van der Waals surface area (Å²) in [4.78, 5) is 2.54. The van der Waals surface area contributed by atoms with Gasteiger partial charge >= 0.3 is 0 Å². The van der Waals surface area contributed by atoms with E-state index in [0.717, 1.165) is 18.9 Å². The quantitative estimate of drug-likeness (QED) is 0.789. The van der Waals surface area contributed by atoms with E-state index < -0.39 is 0 Å². The number of rotatable bonds is 4. The fourth-order valence-corrected chi connectivity index (χ4v) is 3.14. The van der Waals surface area contributed by atoms with E-state index in [4.69, 9.17) is 0 Å². The van der Waals surface area contributed by atoms with Crippen molar-refractivity contribution >= 4 is 12.4 Å². The largest absolute Gasteiger partial charge is 0.299 e. The summed E-state index contributed by atoms with van der Waals surface area (Å²) in [7, 11) is 0. The van der Waals surface area contributed by atoms with Gasteiger partial charge in [-0.3, -0.25) is 4.90 Å². The standard InChI is InChI=1S/C19H22FN.ClH/c20-19-8-6-16(7-9-19)14-17-10-12-21(13-11-17)15-18-4-2-1-3-5-18;/h1-9,17H,10-15H2;1H. The zero-order valence-electron chi connectivity index (χ0n) is 12.7. The Hall–Kier alpha value is -1.38. The summed E-state index contributed by atoms with van der Waals surface area (Å²) < 4.78 is 12.9. The second-order valence-corrected chi connectivity index (χ2v) is 6.04. The lowest BCUT2D eigenvalue weighted by molar-refractivity contribution is 0.177. The van der Waals surface area contributed by atoms with Gasteiger partial charge in [-0.2, -0.15) is 0 Å². The molecular formula is C19H23ClFN. The Balaban J connectivity index is 0.00000176. The molecule has 0 atom stereocenters. The third kappa shape index (κ3) is 4.82. The van der Waals surface area contributed by atoms with Gasteiger partial charge in [0.25, 0.3) is 0 Å². The average Bonchev–Trinajstić information content (AvgIpc) is 2.53. The first kappa shape index (κ1) is 17.0. The van der Waals surface area contributed by atoms with Gasteiger partial charge in [0, 0.05) is 6.54 Å². The van der Waals surface area contributed by atoms with Crippen molar-refractivity contribution in [2.45, 2.75) is 25.8 Å². The van der Waals surface area contributed by atoms with Crippen LogP contribution in [0.4, 0.5) is 4.39 Å². The van der Waals surface area contributed by atoms with Gasteiger partial charge < -0.3 is 0 Å². The van der Waals surface area contributed by atoms with Gasteiger partial charge in [0.2, 0.25) is 0 Å². The Kier molecular flexibility index (Phi) is 6.41. The third-order valence-electron chi connectivity index (χ3n) is 4.39. The van der Waals surface area contributed by atoms with E-state index >= 15 is 0 Å². The van der Waals surface area contributed by atoms with Crippen LogP contribution in [-0.2, 0) is 13.0 Å². The number of hydrogen-bond acceptors (Lipinski definition) is 1. The monoisotopic (exact) mass is 319 g/mol. The highest BCUT2D eigenvalue weighted by Crippen LogP contribution is 2.23. The van der Waals surface area contributed by atoms with Gasteiger partial charge in [-0.05, 0) is 61.5 Å². The van der Waals surface area contributed by atoms with Crippen LogP contribution in [0.5, 0.6) is 0 Å². The predicted octanol–water partition coefficient (Wildman–Crippen LogP) is 4.70. The summed E-state index contributed by atoms with van der Waals surface area (Å²) in [6, 6.07) is 17.7. The minimum absolute atomic E-state index is 0. The van der Waals surface area contributed by atoms with E-state index in [9.17, 15) is 4.39 Å². The molecule has 0 N–H and O–H groups in total. The van der Waals surface area contributed by atoms with Crippen LogP contribution in [0, 0.1) is 11.7 Å². The van der Waals surface area contributed by atoms with Gasteiger partial charge in [0.15, 0.2) is 0 Å². The van der Waals surface area contributed by atoms with Gasteiger partial charge in [-0.15, -0.1) is 12.4 Å². The fourth-order valence-electron chi connectivity index (χ4n) is 3.14. The highest BCUT2D eigenvalue weighted by Gasteiger charge is 2.19. The van der Waals surface area contributed by atoms with Crippen molar-refractivity contribution in [2.75, 3.05) is 13.1 Å². The molecule has 2 aromatic rings. The molecule has 1 aliphatic heterocycles. The lowest BCUT2D eigenvalue weighted by Crippen LogP contribution is -2.33. The minimum Gasteiger partial charge on any atom is -0.299 e. The summed E-state index contributed by atoms with van der Waals surface area (Å²) in [5.41, 5.74) is 2.66. The summed E-state index contributed by atoms with van der Waals surface area (Å²) in [6.45, 7) is 3.39. The van der Waals surface area contributed by atoms with Crippen LogP contribution in [0.3, 0.4) is 0 Å². The molecule has 3 heteroatoms. The first-order valence-corrected chi connectivity index (χ1v) is 7.80. The van der Waals surface area contributed by atoms with Gasteiger partial charge in [-0.1, -0.05) is 42.5 Å². The van der Waals surface area contributed by atoms with Crippen LogP contribution in [0.15, 0.2) is 54.6 Å². The zero-order valence-corrected chi connectivity index (χ0v) is 13.6. The summed E-state index contributed by atoms with van der Waals surface area (Å²) in [6.07, 6.45) is 3.56. The molecule has 0 unspecified atom stereocenters. The molecule has 1 fully saturated rings. The van der Waals surface area contributed by atoms with Crippen LogP contribution in [0.1, 0.15) is 24.0 Å². The van der Waals surface area contributed by atoms with Crippen LogP contribution in [0.2, 0.25) is 0 Å². The molecule has 0 aromatic heterocycles. The molecule has 1 aliphatic rings. The SMILES string of the molecule is Cl.Fc1ccc(CC2CCN(Cc3ccccc3)CC2)cc1. The van der Waals surface area contributed by atoms with Crippen molar-refractivity contribution in [2.24, 2.45) is 5.92 Å². The van der Waals surface area contributed by atoms with Crippen molar-refractivity contribution in [1.29, 1.82) is 0 Å². The van der Waals surface area contributed by atoms with Gasteiger partial charge in [-0.25, -0.2) is 4.39 Å². The fraction of sp³-hybridized carbons (Fsp3) is 0.368. The average molecular weight is 320 g/mol. The van der Waals surface area contributed by atoms with E-state index in [1.54, 1.807) is 12.1 Å². The molecule has 118 valence electrons. The van der Waals surface area contributed by atoms with Gasteiger partial charge in [0.05, 0.1) is 0 Å². The molecule has 0 amide bonds. The molecule has 0 radical (unpaired) electrons. The first-order chi connectivity index (χ1) is 10.3. The van der Waals surface area contributed by atoms with Crippen LogP contribution in [-0.4, -0.2) is 18.0 Å². The highest BCUT2D eigenvalue weighted by molar-refractivity contribution is 5.85. The van der Waals surface area contributed by atoms with Crippen molar-refractivity contribution in [3.63, 3.8) is 0 Å². The molecule has 1 saturated heterocycles. The molecule has 22 heavy (non-hydrogen) atoms. The maximum atomic E-state index is 12.9. The number of halogens is 2. The van der Waals surface area contributed by atoms with Gasteiger partial charge in [0.1, 0.15) is 5.82 Å². The summed E-state index contributed by atoms with van der Waals surface area (Å²) in [5.74, 6) is 0.596. The minimum atomic E-state index is -0.142. The Morgan fingerprint density at radius 3 is 2.14 bits per heavy atom. The van der Waals surface area contributed by atoms with E-state index in [1.165, 1.54) is 37.1 Å². The second-order valence-electron chi connectivity index (χ2n) is 6.04. The first-order valence-electron chi connectivity index (χ1n) is 7.80. The smallest absolute Gasteiger partial charge is 0.123 e. The third-order valence-corrected chi connectivity index (χ3v) is 4.39. The molecule has 1 nitrogen and oxygen atoms in total. The van der Waals surface area contributed by atoms with Crippen molar-refractivity contribution in [3.8, 4) is 0 Å². The topological polar surface area (TPSA) is 3.24 Å². The molecule has 1 heterocycles. The number of piperidine rings is 1. The number of hydrogen-bond donors (Lipinski definition) is 0. The van der Waals surface area contributed by atoms with Crippen LogP contribution >= 0.6 is 12.4 Å². The second kappa shape index (κ2) is 8.30. The summed E-state index contributed by atoms with van der Waals surface area (Å²) in [5, 5.41) is 0. The predicted molar refractivity (Wildman–Crippen MR) is 91.8 cm³/mol. The number of likely N-dealkylation sites (tertiary alicyclic amines) is 1. The zero-order chi connectivity index (χ0) is 14.5. The molecule has 3 rings (SSSR count). The van der Waals surface area contributed by atoms with Crippen molar-refractivity contribution in [1.82, 2.24) is 4.90 Å². The van der Waals surface area contributed by atoms with E-state index in [2.05, 4.69) is 35.2 Å². The van der Waals surface area contributed by atoms with E-state index in [1.807, 2.05) is 12.1 Å². The Morgan fingerprint density at radius 1 is 0.864 bits per heavy atom. The highest BCUT2D eigenvalue weighted by atomic mass is 35.5. The van der Waals surface area contributed by atoms with Crippen molar-refractivity contribution in [3.05, 3.63) is 71.5 Å². The molecular weight excluding hydrogens is 297 g/mol. The normalized spacial score (nSPS) is 16.2. The lowest BCUT2D eigenvalue weighted by atomic mass is 9.90. The van der Waals surface area contributed by atoms with E-state index in [-0.39, 0.29) is 18.2 Å². The van der Waals surface area contributed by atoms with Crippen molar-refractivity contribution < 1.29 is 4.39 Å². The maximum absolute atomic E-state index is 12.9. The Morgan fingerprint density at radius 2 is 1.50 bits per heavy atom. The Labute approximate surface area is 138 Å². The Bertz CT molecular complexity index is 547.